The molecule has 12 nitrogen and oxygen atoms in total. The van der Waals surface area contributed by atoms with Gasteiger partial charge in [0.25, 0.3) is 11.7 Å². The van der Waals surface area contributed by atoms with Gasteiger partial charge in [0, 0.05) is 51.5 Å². The predicted molar refractivity (Wildman–Crippen MR) is 165 cm³/mol. The molecule has 48 heavy (non-hydrogen) atoms. The van der Waals surface area contributed by atoms with E-state index in [1.54, 1.807) is 26.1 Å². The highest BCUT2D eigenvalue weighted by molar-refractivity contribution is 5.93. The number of likely N-dealkylation sites (N-methyl/N-ethyl adjacent to an activating group) is 2. The molecule has 2 N–H and O–H groups in total. The summed E-state index contributed by atoms with van der Waals surface area (Å²) in [6.45, 7) is 8.19. The number of nitrogens with zero attached hydrogens (tertiary/aromatic N) is 7. The lowest BCUT2D eigenvalue weighted by Gasteiger charge is -2.34. The Morgan fingerprint density at radius 2 is 2.04 bits per heavy atom. The molecule has 4 heterocycles. The zero-order valence-electron chi connectivity index (χ0n) is 27.3. The van der Waals surface area contributed by atoms with Crippen molar-refractivity contribution in [2.24, 2.45) is 22.9 Å². The van der Waals surface area contributed by atoms with Crippen molar-refractivity contribution in [2.75, 3.05) is 39.9 Å². The fourth-order valence-corrected chi connectivity index (χ4v) is 6.77. The average Bonchev–Trinajstić information content (AvgIpc) is 3.45. The van der Waals surface area contributed by atoms with Crippen LogP contribution in [0.15, 0.2) is 23.1 Å². The summed E-state index contributed by atoms with van der Waals surface area (Å²) in [5.74, 6) is -6.70. The Kier molecular flexibility index (Phi) is 10.7. The second kappa shape index (κ2) is 14.4. The molecule has 264 valence electrons. The monoisotopic (exact) mass is 683 g/mol. The fourth-order valence-electron chi connectivity index (χ4n) is 6.77. The van der Waals surface area contributed by atoms with Gasteiger partial charge in [-0.25, -0.2) is 23.3 Å². The van der Waals surface area contributed by atoms with E-state index in [2.05, 4.69) is 22.5 Å². The Morgan fingerprint density at radius 3 is 2.67 bits per heavy atom. The van der Waals surface area contributed by atoms with Crippen LogP contribution in [0.5, 0.6) is 0 Å². The highest BCUT2D eigenvalue weighted by Crippen LogP contribution is 2.42. The van der Waals surface area contributed by atoms with E-state index >= 15 is 0 Å². The number of hydrogen-bond acceptors (Lipinski definition) is 9. The second-order valence-electron chi connectivity index (χ2n) is 12.7. The molecule has 0 bridgehead atoms. The molecular weight excluding hydrogens is 641 g/mol. The molecule has 1 saturated carbocycles. The number of piperidine rings is 1. The van der Waals surface area contributed by atoms with Gasteiger partial charge in [0.05, 0.1) is 54.5 Å². The number of fused-ring (bicyclic) bond motifs is 1. The molecule has 0 spiro atoms. The first-order valence-electron chi connectivity index (χ1n) is 16.2. The lowest BCUT2D eigenvalue weighted by atomic mass is 9.81. The predicted octanol–water partition coefficient (Wildman–Crippen LogP) is 3.81. The number of morpholine rings is 1. The molecule has 17 heteroatoms. The van der Waals surface area contributed by atoms with E-state index in [1.807, 2.05) is 11.9 Å². The zero-order valence-corrected chi connectivity index (χ0v) is 27.3. The molecule has 2 saturated heterocycles. The van der Waals surface area contributed by atoms with Crippen LogP contribution in [0.1, 0.15) is 75.1 Å². The Morgan fingerprint density at radius 1 is 1.31 bits per heavy atom. The molecule has 5 rings (SSSR count). The van der Waals surface area contributed by atoms with Gasteiger partial charge in [0.1, 0.15) is 5.70 Å². The minimum Gasteiger partial charge on any atom is -0.378 e. The van der Waals surface area contributed by atoms with E-state index in [0.29, 0.717) is 36.8 Å². The molecule has 3 fully saturated rings. The van der Waals surface area contributed by atoms with Crippen molar-refractivity contribution < 1.29 is 36.3 Å². The SMILES string of the molecule is C=NN(CC)/C(=C\C)C(=O)NC(c1cn2nc(CC3CC(C(F)(F)F)CNC3=O)c(C3COCCN3C)nc2n1)C1CCC(F)(F)CC1. The summed E-state index contributed by atoms with van der Waals surface area (Å²) in [5, 5.41) is 15.4. The maximum absolute atomic E-state index is 14.2. The van der Waals surface area contributed by atoms with E-state index in [-0.39, 0.29) is 62.5 Å². The summed E-state index contributed by atoms with van der Waals surface area (Å²) in [4.78, 5) is 37.8. The lowest BCUT2D eigenvalue weighted by molar-refractivity contribution is -0.183. The third kappa shape index (κ3) is 7.77. The van der Waals surface area contributed by atoms with E-state index < -0.39 is 54.4 Å². The number of halogens is 5. The van der Waals surface area contributed by atoms with Gasteiger partial charge in [-0.1, -0.05) is 6.08 Å². The van der Waals surface area contributed by atoms with Crippen molar-refractivity contribution in [1.82, 2.24) is 40.1 Å². The number of ether oxygens (including phenoxy) is 1. The van der Waals surface area contributed by atoms with Crippen molar-refractivity contribution in [3.63, 3.8) is 0 Å². The third-order valence-electron chi connectivity index (χ3n) is 9.60. The number of carbonyl (C=O) groups is 2. The van der Waals surface area contributed by atoms with Crippen LogP contribution in [-0.2, 0) is 20.7 Å². The fraction of sp³-hybridized carbons (Fsp3) is 0.677. The van der Waals surface area contributed by atoms with Gasteiger partial charge in [-0.3, -0.25) is 19.5 Å². The number of rotatable bonds is 10. The standard InChI is InChI=1S/C31H42F5N9O3/c1-5-23(44(6-2)37-3)28(47)40-25(18-7-9-30(32,33)10-8-18)22-16-45-29(39-22)41-26(24-17-48-12-11-43(24)4)21(42-45)14-19-13-20(31(34,35)36)15-38-27(19)46/h5,16,18-20,24-25H,3,6-15,17H2,1-2,4H3,(H,38,46)(H,40,47)/b23-5-. The molecule has 2 amide bonds. The first kappa shape index (κ1) is 35.6. The van der Waals surface area contributed by atoms with Gasteiger partial charge >= 0.3 is 6.18 Å². The highest BCUT2D eigenvalue weighted by Gasteiger charge is 2.45. The number of alkyl halides is 5. The first-order chi connectivity index (χ1) is 22.7. The van der Waals surface area contributed by atoms with Crippen molar-refractivity contribution in [3.05, 3.63) is 35.1 Å². The van der Waals surface area contributed by atoms with Gasteiger partial charge in [-0.2, -0.15) is 23.4 Å². The van der Waals surface area contributed by atoms with Gasteiger partial charge in [0.15, 0.2) is 0 Å². The van der Waals surface area contributed by atoms with E-state index in [0.717, 1.165) is 0 Å². The molecular formula is C31H42F5N9O3. The van der Waals surface area contributed by atoms with Gasteiger partial charge in [-0.05, 0) is 46.1 Å². The minimum absolute atomic E-state index is 0.0987. The van der Waals surface area contributed by atoms with Crippen molar-refractivity contribution >= 4 is 24.3 Å². The van der Waals surface area contributed by atoms with Crippen molar-refractivity contribution in [2.45, 2.75) is 76.6 Å². The van der Waals surface area contributed by atoms with Crippen LogP contribution < -0.4 is 10.6 Å². The molecule has 4 unspecified atom stereocenters. The number of hydrogen-bond donors (Lipinski definition) is 2. The molecule has 3 aliphatic rings. The van der Waals surface area contributed by atoms with Crippen LogP contribution in [0.4, 0.5) is 22.0 Å². The van der Waals surface area contributed by atoms with Crippen LogP contribution in [-0.4, -0.2) is 100 Å². The van der Waals surface area contributed by atoms with Crippen LogP contribution in [0.2, 0.25) is 0 Å². The Labute approximate surface area is 275 Å². The average molecular weight is 684 g/mol. The molecule has 2 aliphatic heterocycles. The summed E-state index contributed by atoms with van der Waals surface area (Å²) >= 11 is 0. The Hall–Kier alpha value is -3.73. The molecule has 2 aromatic rings. The van der Waals surface area contributed by atoms with E-state index in [4.69, 9.17) is 19.8 Å². The second-order valence-corrected chi connectivity index (χ2v) is 12.7. The number of amides is 2. The van der Waals surface area contributed by atoms with Crippen LogP contribution >= 0.6 is 0 Å². The number of allylic oxidation sites excluding steroid dienone is 1. The van der Waals surface area contributed by atoms with Crippen LogP contribution in [0.25, 0.3) is 5.78 Å². The largest absolute Gasteiger partial charge is 0.393 e. The van der Waals surface area contributed by atoms with Crippen LogP contribution in [0.3, 0.4) is 0 Å². The van der Waals surface area contributed by atoms with Gasteiger partial charge in [0.2, 0.25) is 11.8 Å². The number of carbonyl (C=O) groups excluding carboxylic acids is 2. The smallest absolute Gasteiger partial charge is 0.378 e. The summed E-state index contributed by atoms with van der Waals surface area (Å²) in [7, 11) is 1.87. The molecule has 4 atom stereocenters. The number of aromatic nitrogens is 4. The zero-order chi connectivity index (χ0) is 34.8. The summed E-state index contributed by atoms with van der Waals surface area (Å²) < 4.78 is 76.4. The van der Waals surface area contributed by atoms with Gasteiger partial charge < -0.3 is 15.4 Å². The van der Waals surface area contributed by atoms with E-state index in [1.165, 1.54) is 9.52 Å². The van der Waals surface area contributed by atoms with E-state index in [9.17, 15) is 31.5 Å². The summed E-state index contributed by atoms with van der Waals surface area (Å²) in [6, 6.07) is -1.20. The quantitative estimate of drug-likeness (QED) is 0.168. The highest BCUT2D eigenvalue weighted by atomic mass is 19.4. The Balaban J connectivity index is 1.54. The maximum Gasteiger partial charge on any atom is 0.393 e. The molecule has 2 aromatic heterocycles. The topological polar surface area (TPSA) is 129 Å². The summed E-state index contributed by atoms with van der Waals surface area (Å²) in [6.07, 6.45) is -2.24. The molecule has 0 aromatic carbocycles. The number of nitrogens with one attached hydrogen (secondary N) is 2. The third-order valence-corrected chi connectivity index (χ3v) is 9.60. The number of imidazole rings is 1. The first-order valence-corrected chi connectivity index (χ1v) is 16.2. The summed E-state index contributed by atoms with van der Waals surface area (Å²) in [5.41, 5.74) is 1.31. The normalized spacial score (nSPS) is 25.0. The lowest BCUT2D eigenvalue weighted by Crippen LogP contribution is -2.47. The number of hydrazone groups is 1. The Bertz CT molecular complexity index is 1520. The van der Waals surface area contributed by atoms with Crippen LogP contribution in [0, 0.1) is 17.8 Å². The van der Waals surface area contributed by atoms with Gasteiger partial charge in [-0.15, -0.1) is 0 Å². The maximum atomic E-state index is 14.2. The minimum atomic E-state index is -4.47. The van der Waals surface area contributed by atoms with Crippen molar-refractivity contribution in [3.8, 4) is 0 Å². The molecule has 1 aliphatic carbocycles. The van der Waals surface area contributed by atoms with Crippen molar-refractivity contribution in [1.29, 1.82) is 0 Å². The molecule has 0 radical (unpaired) electrons.